The quantitative estimate of drug-likeness (QED) is 0.170. The van der Waals surface area contributed by atoms with E-state index in [1.165, 1.54) is 4.70 Å². The molecule has 0 N–H and O–H groups in total. The first-order valence-electron chi connectivity index (χ1n) is 17.3. The molecule has 6 aromatic carbocycles. The van der Waals surface area contributed by atoms with Gasteiger partial charge in [0.1, 0.15) is 16.9 Å². The lowest BCUT2D eigenvalue weighted by Crippen LogP contribution is -2.02. The van der Waals surface area contributed by atoms with Crippen LogP contribution in [0, 0.1) is 6.92 Å². The molecule has 252 valence electrons. The van der Waals surface area contributed by atoms with Gasteiger partial charge in [-0.15, -0.1) is 11.3 Å². The second-order valence-electron chi connectivity index (χ2n) is 12.9. The molecule has 0 amide bonds. The molecule has 8 heteroatoms. The van der Waals surface area contributed by atoms with Gasteiger partial charge in [0.15, 0.2) is 23.3 Å². The van der Waals surface area contributed by atoms with Crippen LogP contribution in [0.1, 0.15) is 5.56 Å². The van der Waals surface area contributed by atoms with Gasteiger partial charge in [0.2, 0.25) is 0 Å². The Kier molecular flexibility index (Phi) is 7.30. The van der Waals surface area contributed by atoms with E-state index in [4.69, 9.17) is 34.1 Å². The van der Waals surface area contributed by atoms with E-state index in [0.717, 1.165) is 82.4 Å². The minimum atomic E-state index is 0.534. The van der Waals surface area contributed by atoms with E-state index in [1.807, 2.05) is 104 Å². The number of methoxy groups -OCH3 is 1. The molecular formula is C45H29N5O2S. The van der Waals surface area contributed by atoms with Crippen molar-refractivity contribution in [2.24, 2.45) is 0 Å². The van der Waals surface area contributed by atoms with E-state index in [2.05, 4.69) is 42.5 Å². The number of nitrogens with zero attached hydrogens (tertiary/aromatic N) is 5. The van der Waals surface area contributed by atoms with Gasteiger partial charge >= 0.3 is 0 Å². The topological polar surface area (TPSA) is 86.8 Å². The second kappa shape index (κ2) is 12.5. The normalized spacial score (nSPS) is 11.6. The minimum absolute atomic E-state index is 0.534. The Balaban J connectivity index is 1.18. The first-order valence-corrected chi connectivity index (χ1v) is 18.1. The van der Waals surface area contributed by atoms with Gasteiger partial charge in [-0.05, 0) is 42.8 Å². The van der Waals surface area contributed by atoms with Crippen LogP contribution in [-0.4, -0.2) is 32.0 Å². The van der Waals surface area contributed by atoms with E-state index >= 15 is 0 Å². The summed E-state index contributed by atoms with van der Waals surface area (Å²) in [4.78, 5) is 25.4. The van der Waals surface area contributed by atoms with E-state index in [-0.39, 0.29) is 0 Å². The molecule has 0 unspecified atom stereocenters. The molecule has 0 saturated carbocycles. The summed E-state index contributed by atoms with van der Waals surface area (Å²) in [5.41, 5.74) is 8.78. The molecule has 0 fully saturated rings. The number of para-hydroxylation sites is 1. The monoisotopic (exact) mass is 703 g/mol. The SMILES string of the molecule is COc1c(C)cccc1-c1nc(-c2ccccc2)nc(-c2cccc3oc4cc(-c5nc(-c6ccccc6)nc6c5sc5ccccc56)ccc4c23)n1. The lowest BCUT2D eigenvalue weighted by molar-refractivity contribution is 0.413. The second-order valence-corrected chi connectivity index (χ2v) is 13.9. The predicted octanol–water partition coefficient (Wildman–Crippen LogP) is 11.6. The fourth-order valence-corrected chi connectivity index (χ4v) is 8.25. The molecule has 4 aromatic heterocycles. The molecular weight excluding hydrogens is 675 g/mol. The highest BCUT2D eigenvalue weighted by molar-refractivity contribution is 7.26. The summed E-state index contributed by atoms with van der Waals surface area (Å²) >= 11 is 1.71. The van der Waals surface area contributed by atoms with Gasteiger partial charge in [-0.2, -0.15) is 0 Å². The highest BCUT2D eigenvalue weighted by atomic mass is 32.1. The highest BCUT2D eigenvalue weighted by Gasteiger charge is 2.21. The summed E-state index contributed by atoms with van der Waals surface area (Å²) in [6, 6.07) is 46.9. The van der Waals surface area contributed by atoms with E-state index in [0.29, 0.717) is 23.3 Å². The highest BCUT2D eigenvalue weighted by Crippen LogP contribution is 2.42. The van der Waals surface area contributed by atoms with E-state index < -0.39 is 0 Å². The molecule has 7 nitrogen and oxygen atoms in total. The molecule has 0 saturated heterocycles. The molecule has 0 bridgehead atoms. The summed E-state index contributed by atoms with van der Waals surface area (Å²) < 4.78 is 14.7. The van der Waals surface area contributed by atoms with Gasteiger partial charge in [0, 0.05) is 43.1 Å². The average molecular weight is 704 g/mol. The van der Waals surface area contributed by atoms with Crippen LogP contribution in [0.5, 0.6) is 5.75 Å². The zero-order valence-electron chi connectivity index (χ0n) is 28.7. The van der Waals surface area contributed by atoms with Crippen LogP contribution in [0.25, 0.3) is 99.1 Å². The van der Waals surface area contributed by atoms with Crippen molar-refractivity contribution in [1.29, 1.82) is 0 Å². The van der Waals surface area contributed by atoms with Crippen molar-refractivity contribution in [3.63, 3.8) is 0 Å². The smallest absolute Gasteiger partial charge is 0.167 e. The third kappa shape index (κ3) is 5.22. The predicted molar refractivity (Wildman–Crippen MR) is 214 cm³/mol. The number of ether oxygens (including phenoxy) is 1. The zero-order chi connectivity index (χ0) is 35.5. The fourth-order valence-electron chi connectivity index (χ4n) is 7.09. The van der Waals surface area contributed by atoms with Crippen molar-refractivity contribution in [3.05, 3.63) is 145 Å². The molecule has 0 spiro atoms. The van der Waals surface area contributed by atoms with Crippen LogP contribution in [-0.2, 0) is 0 Å². The maximum absolute atomic E-state index is 6.61. The van der Waals surface area contributed by atoms with Crippen LogP contribution in [0.15, 0.2) is 144 Å². The molecule has 0 radical (unpaired) electrons. The Morgan fingerprint density at radius 3 is 1.96 bits per heavy atom. The maximum atomic E-state index is 6.61. The van der Waals surface area contributed by atoms with Gasteiger partial charge in [0.25, 0.3) is 0 Å². The van der Waals surface area contributed by atoms with Crippen LogP contribution >= 0.6 is 11.3 Å². The zero-order valence-corrected chi connectivity index (χ0v) is 29.6. The Hall–Kier alpha value is -6.77. The Bertz CT molecular complexity index is 3010. The van der Waals surface area contributed by atoms with Crippen molar-refractivity contribution in [3.8, 4) is 62.6 Å². The van der Waals surface area contributed by atoms with Gasteiger partial charge < -0.3 is 9.15 Å². The molecule has 0 atom stereocenters. The third-order valence-corrected chi connectivity index (χ3v) is 10.8. The summed E-state index contributed by atoms with van der Waals surface area (Å²) in [5, 5.41) is 3.01. The van der Waals surface area contributed by atoms with E-state index in [1.54, 1.807) is 18.4 Å². The number of furan rings is 1. The Labute approximate surface area is 308 Å². The number of aryl methyl sites for hydroxylation is 1. The first kappa shape index (κ1) is 31.0. The molecule has 10 aromatic rings. The summed E-state index contributed by atoms with van der Waals surface area (Å²) in [5.74, 6) is 3.08. The largest absolute Gasteiger partial charge is 0.496 e. The number of rotatable bonds is 6. The third-order valence-electron chi connectivity index (χ3n) is 9.59. The van der Waals surface area contributed by atoms with Gasteiger partial charge in [-0.3, -0.25) is 0 Å². The lowest BCUT2D eigenvalue weighted by atomic mass is 10.0. The Morgan fingerprint density at radius 1 is 0.528 bits per heavy atom. The first-order chi connectivity index (χ1) is 26.1. The summed E-state index contributed by atoms with van der Waals surface area (Å²) in [7, 11) is 1.67. The van der Waals surface area contributed by atoms with Crippen molar-refractivity contribution in [2.75, 3.05) is 7.11 Å². The van der Waals surface area contributed by atoms with Crippen LogP contribution < -0.4 is 4.74 Å². The number of aromatic nitrogens is 5. The van der Waals surface area contributed by atoms with E-state index in [9.17, 15) is 0 Å². The average Bonchev–Trinajstić information content (AvgIpc) is 3.79. The van der Waals surface area contributed by atoms with Crippen LogP contribution in [0.3, 0.4) is 0 Å². The van der Waals surface area contributed by atoms with Crippen molar-refractivity contribution < 1.29 is 9.15 Å². The lowest BCUT2D eigenvalue weighted by Gasteiger charge is -2.13. The van der Waals surface area contributed by atoms with Gasteiger partial charge in [-0.25, -0.2) is 24.9 Å². The molecule has 0 aliphatic carbocycles. The molecule has 10 rings (SSSR count). The van der Waals surface area contributed by atoms with Crippen LogP contribution in [0.4, 0.5) is 0 Å². The fraction of sp³-hybridized carbons (Fsp3) is 0.0444. The van der Waals surface area contributed by atoms with Gasteiger partial charge in [0.05, 0.1) is 28.6 Å². The molecule has 4 heterocycles. The van der Waals surface area contributed by atoms with Crippen molar-refractivity contribution in [2.45, 2.75) is 6.92 Å². The summed E-state index contributed by atoms with van der Waals surface area (Å²) in [6.45, 7) is 2.02. The molecule has 0 aliphatic heterocycles. The summed E-state index contributed by atoms with van der Waals surface area (Å²) in [6.07, 6.45) is 0. The number of benzene rings is 6. The van der Waals surface area contributed by atoms with Crippen molar-refractivity contribution in [1.82, 2.24) is 24.9 Å². The minimum Gasteiger partial charge on any atom is -0.496 e. The number of thiophene rings is 1. The number of hydrogen-bond donors (Lipinski definition) is 0. The number of fused-ring (bicyclic) bond motifs is 6. The number of hydrogen-bond acceptors (Lipinski definition) is 8. The Morgan fingerprint density at radius 2 is 1.19 bits per heavy atom. The standard InChI is InChI=1S/C45H29N5O2S/c1-26-13-11-20-33(40(26)51-2)45-49-43(28-16-7-4-8-17-28)48-44(50-45)32-19-12-21-34-37(32)30-24-23-29(25-35(30)52-34)38-41-39(31-18-9-10-22-36(31)53-41)47-42(46-38)27-14-5-3-6-15-27/h3-25H,1-2H3. The molecule has 53 heavy (non-hydrogen) atoms. The maximum Gasteiger partial charge on any atom is 0.167 e. The van der Waals surface area contributed by atoms with Crippen molar-refractivity contribution >= 4 is 53.6 Å². The van der Waals surface area contributed by atoms with Gasteiger partial charge in [-0.1, -0.05) is 109 Å². The molecule has 0 aliphatic rings. The van der Waals surface area contributed by atoms with Crippen LogP contribution in [0.2, 0.25) is 0 Å².